The molecule has 0 atom stereocenters. The summed E-state index contributed by atoms with van der Waals surface area (Å²) in [5, 5.41) is 21.2. The molecule has 0 spiro atoms. The quantitative estimate of drug-likeness (QED) is 0.412. The van der Waals surface area contributed by atoms with Crippen molar-refractivity contribution < 1.29 is 5.11 Å². The molecule has 2 aromatic rings. The highest BCUT2D eigenvalue weighted by atomic mass is 16.3. The highest BCUT2D eigenvalue weighted by Crippen LogP contribution is 2.29. The van der Waals surface area contributed by atoms with Crippen LogP contribution in [-0.4, -0.2) is 37.4 Å². The zero-order valence-electron chi connectivity index (χ0n) is 11.2. The number of nitrogens with two attached hydrogens (primary N) is 1. The predicted molar refractivity (Wildman–Crippen MR) is 76.0 cm³/mol. The monoisotopic (exact) mass is 277 g/mol. The Bertz CT molecular complexity index is 591. The predicted octanol–water partition coefficient (Wildman–Crippen LogP) is 0.746. The first-order chi connectivity index (χ1) is 9.70. The first kappa shape index (κ1) is 13.1. The molecular formula is C12H19N7O. The Kier molecular flexibility index (Phi) is 3.41. The maximum Gasteiger partial charge on any atom is 0.241 e. The van der Waals surface area contributed by atoms with E-state index >= 15 is 0 Å². The molecule has 2 aromatic heterocycles. The SMILES string of the molecule is NNc1nc(NCC2(O)CCCCC2)c2cn[nH]c2n1. The lowest BCUT2D eigenvalue weighted by molar-refractivity contribution is 0.0167. The van der Waals surface area contributed by atoms with Crippen LogP contribution in [0.25, 0.3) is 11.0 Å². The first-order valence-corrected chi connectivity index (χ1v) is 6.84. The summed E-state index contributed by atoms with van der Waals surface area (Å²) in [7, 11) is 0. The van der Waals surface area contributed by atoms with Gasteiger partial charge in [-0.2, -0.15) is 15.1 Å². The van der Waals surface area contributed by atoms with Crippen LogP contribution >= 0.6 is 0 Å². The Morgan fingerprint density at radius 2 is 2.10 bits per heavy atom. The van der Waals surface area contributed by atoms with Crippen LogP contribution in [0, 0.1) is 0 Å². The van der Waals surface area contributed by atoms with Crippen molar-refractivity contribution >= 4 is 22.8 Å². The lowest BCUT2D eigenvalue weighted by atomic mass is 9.85. The maximum atomic E-state index is 10.5. The van der Waals surface area contributed by atoms with Crippen LogP contribution in [0.15, 0.2) is 6.20 Å². The summed E-state index contributed by atoms with van der Waals surface area (Å²) in [6.07, 6.45) is 6.63. The zero-order chi connectivity index (χ0) is 14.0. The lowest BCUT2D eigenvalue weighted by Crippen LogP contribution is -2.39. The third-order valence-corrected chi connectivity index (χ3v) is 3.81. The summed E-state index contributed by atoms with van der Waals surface area (Å²) >= 11 is 0. The first-order valence-electron chi connectivity index (χ1n) is 6.84. The average Bonchev–Trinajstić information content (AvgIpc) is 2.93. The van der Waals surface area contributed by atoms with Crippen molar-refractivity contribution in [2.45, 2.75) is 37.7 Å². The van der Waals surface area contributed by atoms with Gasteiger partial charge >= 0.3 is 0 Å². The number of nitrogens with one attached hydrogen (secondary N) is 3. The zero-order valence-corrected chi connectivity index (χ0v) is 11.2. The second kappa shape index (κ2) is 5.22. The molecule has 3 rings (SSSR count). The minimum absolute atomic E-state index is 0.305. The Morgan fingerprint density at radius 3 is 2.85 bits per heavy atom. The fourth-order valence-electron chi connectivity index (χ4n) is 2.67. The summed E-state index contributed by atoms with van der Waals surface area (Å²) < 4.78 is 0. The average molecular weight is 277 g/mol. The van der Waals surface area contributed by atoms with Gasteiger partial charge in [0.2, 0.25) is 5.95 Å². The van der Waals surface area contributed by atoms with Gasteiger partial charge in [-0.1, -0.05) is 19.3 Å². The molecule has 6 N–H and O–H groups in total. The van der Waals surface area contributed by atoms with E-state index < -0.39 is 5.60 Å². The maximum absolute atomic E-state index is 10.5. The lowest BCUT2D eigenvalue weighted by Gasteiger charge is -2.32. The van der Waals surface area contributed by atoms with Gasteiger partial charge in [-0.05, 0) is 12.8 Å². The van der Waals surface area contributed by atoms with Crippen LogP contribution in [0.5, 0.6) is 0 Å². The number of H-pyrrole nitrogens is 1. The molecular weight excluding hydrogens is 258 g/mol. The highest BCUT2D eigenvalue weighted by molar-refractivity contribution is 5.86. The van der Waals surface area contributed by atoms with E-state index in [1.54, 1.807) is 6.20 Å². The highest BCUT2D eigenvalue weighted by Gasteiger charge is 2.29. The molecule has 20 heavy (non-hydrogen) atoms. The molecule has 0 bridgehead atoms. The van der Waals surface area contributed by atoms with Gasteiger partial charge in [0.15, 0.2) is 5.65 Å². The van der Waals surface area contributed by atoms with E-state index in [2.05, 4.69) is 30.9 Å². The van der Waals surface area contributed by atoms with Gasteiger partial charge in [-0.15, -0.1) is 0 Å². The van der Waals surface area contributed by atoms with Gasteiger partial charge in [-0.3, -0.25) is 10.5 Å². The van der Waals surface area contributed by atoms with Gasteiger partial charge in [0, 0.05) is 6.54 Å². The van der Waals surface area contributed by atoms with E-state index in [1.165, 1.54) is 6.42 Å². The van der Waals surface area contributed by atoms with E-state index in [1.807, 2.05) is 0 Å². The largest absolute Gasteiger partial charge is 0.388 e. The van der Waals surface area contributed by atoms with Gasteiger partial charge in [-0.25, -0.2) is 5.84 Å². The standard InChI is InChI=1S/C12H19N7O/c13-18-11-16-9(8-6-15-19-10(8)17-11)14-7-12(20)4-2-1-3-5-12/h6,20H,1-5,7,13H2,(H3,14,15,16,17,18,19). The Balaban J connectivity index is 1.81. The second-order valence-electron chi connectivity index (χ2n) is 5.31. The number of nitrogen functional groups attached to an aromatic ring is 1. The van der Waals surface area contributed by atoms with Crippen LogP contribution in [0.2, 0.25) is 0 Å². The molecule has 8 heteroatoms. The van der Waals surface area contributed by atoms with Gasteiger partial charge in [0.05, 0.1) is 17.2 Å². The summed E-state index contributed by atoms with van der Waals surface area (Å²) in [6.45, 7) is 0.467. The number of aliphatic hydroxyl groups is 1. The van der Waals surface area contributed by atoms with Crippen LogP contribution < -0.4 is 16.6 Å². The minimum Gasteiger partial charge on any atom is -0.388 e. The van der Waals surface area contributed by atoms with Gasteiger partial charge in [0.1, 0.15) is 5.82 Å². The van der Waals surface area contributed by atoms with Crippen molar-refractivity contribution in [3.63, 3.8) is 0 Å². The van der Waals surface area contributed by atoms with Crippen molar-refractivity contribution in [1.29, 1.82) is 0 Å². The third-order valence-electron chi connectivity index (χ3n) is 3.81. The van der Waals surface area contributed by atoms with Gasteiger partial charge < -0.3 is 10.4 Å². The number of hydrogen-bond donors (Lipinski definition) is 5. The summed E-state index contributed by atoms with van der Waals surface area (Å²) in [4.78, 5) is 8.44. The second-order valence-corrected chi connectivity index (χ2v) is 5.31. The molecule has 1 aliphatic carbocycles. The normalized spacial score (nSPS) is 18.1. The van der Waals surface area contributed by atoms with E-state index in [9.17, 15) is 5.11 Å². The molecule has 1 aliphatic rings. The summed E-state index contributed by atoms with van der Waals surface area (Å²) in [5.41, 5.74) is 2.37. The third kappa shape index (κ3) is 2.52. The van der Waals surface area contributed by atoms with E-state index in [4.69, 9.17) is 5.84 Å². The van der Waals surface area contributed by atoms with Crippen LogP contribution in [0.4, 0.5) is 11.8 Å². The number of rotatable bonds is 4. The fraction of sp³-hybridized carbons (Fsp3) is 0.583. The van der Waals surface area contributed by atoms with Crippen molar-refractivity contribution in [3.8, 4) is 0 Å². The van der Waals surface area contributed by atoms with Crippen LogP contribution in [0.1, 0.15) is 32.1 Å². The minimum atomic E-state index is -0.657. The molecule has 1 fully saturated rings. The van der Waals surface area contributed by atoms with Crippen molar-refractivity contribution in [3.05, 3.63) is 6.20 Å². The van der Waals surface area contributed by atoms with Crippen molar-refractivity contribution in [1.82, 2.24) is 20.2 Å². The molecule has 0 aliphatic heterocycles. The van der Waals surface area contributed by atoms with Crippen molar-refractivity contribution in [2.75, 3.05) is 17.3 Å². The van der Waals surface area contributed by atoms with Crippen LogP contribution in [-0.2, 0) is 0 Å². The molecule has 1 saturated carbocycles. The number of nitrogens with zero attached hydrogens (tertiary/aromatic N) is 3. The Labute approximate surface area is 116 Å². The fourth-order valence-corrected chi connectivity index (χ4v) is 2.67. The van der Waals surface area contributed by atoms with Crippen molar-refractivity contribution in [2.24, 2.45) is 5.84 Å². The molecule has 0 unspecified atom stereocenters. The number of anilines is 2. The summed E-state index contributed by atoms with van der Waals surface area (Å²) in [5.74, 6) is 6.28. The number of aromatic amines is 1. The Hall–Kier alpha value is -1.93. The smallest absolute Gasteiger partial charge is 0.241 e. The molecule has 0 aromatic carbocycles. The molecule has 0 saturated heterocycles. The molecule has 0 radical (unpaired) electrons. The number of hydrazine groups is 1. The molecule has 0 amide bonds. The van der Waals surface area contributed by atoms with E-state index in [0.717, 1.165) is 31.1 Å². The topological polar surface area (TPSA) is 125 Å². The molecule has 108 valence electrons. The number of fused-ring (bicyclic) bond motifs is 1. The Morgan fingerprint density at radius 1 is 1.30 bits per heavy atom. The number of aromatic nitrogens is 4. The van der Waals surface area contributed by atoms with E-state index in [-0.39, 0.29) is 0 Å². The molecule has 2 heterocycles. The van der Waals surface area contributed by atoms with E-state index in [0.29, 0.717) is 24.0 Å². The molecule has 8 nitrogen and oxygen atoms in total. The van der Waals surface area contributed by atoms with Crippen LogP contribution in [0.3, 0.4) is 0 Å². The number of hydrogen-bond acceptors (Lipinski definition) is 7. The van der Waals surface area contributed by atoms with Gasteiger partial charge in [0.25, 0.3) is 0 Å². The summed E-state index contributed by atoms with van der Waals surface area (Å²) in [6, 6.07) is 0.